The molecular formula is C19H21N7O3. The number of hydrogen-bond acceptors (Lipinski definition) is 6. The summed E-state index contributed by atoms with van der Waals surface area (Å²) in [4.78, 5) is 24.1. The van der Waals surface area contributed by atoms with Crippen LogP contribution < -0.4 is 5.73 Å². The van der Waals surface area contributed by atoms with Crippen LogP contribution in [0.3, 0.4) is 0 Å². The molecule has 0 aliphatic carbocycles. The zero-order chi connectivity index (χ0) is 21.6. The molecule has 1 amide bonds. The van der Waals surface area contributed by atoms with Crippen molar-refractivity contribution < 1.29 is 14.7 Å². The Morgan fingerprint density at radius 1 is 1.31 bits per heavy atom. The van der Waals surface area contributed by atoms with E-state index >= 15 is 0 Å². The number of benzene rings is 1. The fraction of sp³-hybridized carbons (Fsp3) is 0.263. The Kier molecular flexibility index (Phi) is 6.81. The number of aryl methyl sites for hydroxylation is 1. The van der Waals surface area contributed by atoms with Gasteiger partial charge in [0.2, 0.25) is 5.91 Å². The first kappa shape index (κ1) is 21.3. The van der Waals surface area contributed by atoms with E-state index in [0.717, 1.165) is 11.4 Å². The van der Waals surface area contributed by atoms with E-state index in [1.165, 1.54) is 0 Å². The molecule has 0 atom stereocenters. The number of carbonyl (C=O) groups is 2. The Hall–Kier alpha value is -4.00. The summed E-state index contributed by atoms with van der Waals surface area (Å²) in [7, 11) is 0. The van der Waals surface area contributed by atoms with Crippen molar-refractivity contribution in [1.29, 1.82) is 5.26 Å². The van der Waals surface area contributed by atoms with Crippen LogP contribution in [0.4, 0.5) is 0 Å². The van der Waals surface area contributed by atoms with Crippen LogP contribution in [0.1, 0.15) is 37.0 Å². The molecule has 2 aromatic heterocycles. The van der Waals surface area contributed by atoms with E-state index in [0.29, 0.717) is 22.9 Å². The summed E-state index contributed by atoms with van der Waals surface area (Å²) in [5.41, 5.74) is 8.21. The lowest BCUT2D eigenvalue weighted by molar-refractivity contribution is -0.123. The van der Waals surface area contributed by atoms with Crippen molar-refractivity contribution in [3.8, 4) is 23.3 Å². The lowest BCUT2D eigenvalue weighted by Crippen LogP contribution is -2.14. The molecule has 0 aliphatic heterocycles. The minimum atomic E-state index is -0.502. The minimum Gasteiger partial charge on any atom is -0.483 e. The molecule has 1 aromatic carbocycles. The van der Waals surface area contributed by atoms with Crippen molar-refractivity contribution in [2.24, 2.45) is 5.73 Å². The Morgan fingerprint density at radius 3 is 2.41 bits per heavy atom. The first-order chi connectivity index (χ1) is 13.8. The lowest BCUT2D eigenvalue weighted by Gasteiger charge is -2.07. The summed E-state index contributed by atoms with van der Waals surface area (Å²) in [5.74, 6) is 0.347. The number of nitriles is 1. The molecule has 0 radical (unpaired) electrons. The summed E-state index contributed by atoms with van der Waals surface area (Å²) in [6, 6.07) is 11.2. The highest BCUT2D eigenvalue weighted by Crippen LogP contribution is 2.23. The fourth-order valence-electron chi connectivity index (χ4n) is 2.73. The molecule has 3 aromatic rings. The number of rotatable bonds is 5. The standard InChI is InChI=1S/C18H19N7O.CH2O2/c1-11(2)24-12(3)8-15(22-24)18-21-17(9-16(20)26)23-25(18)14-6-4-13(10-19)5-7-14;2-1-3/h4-8,11H,9H2,1-3H3,(H2,20,26);1H,(H,2,3). The summed E-state index contributed by atoms with van der Waals surface area (Å²) in [6.07, 6.45) is -0.0554. The van der Waals surface area contributed by atoms with Gasteiger partial charge in [0.25, 0.3) is 6.47 Å². The SMILES string of the molecule is Cc1cc(-c2nc(CC(N)=O)nn2-c2ccc(C#N)cc2)nn1C(C)C.O=CO. The Labute approximate surface area is 167 Å². The molecule has 0 unspecified atom stereocenters. The number of hydrogen-bond donors (Lipinski definition) is 2. The average molecular weight is 395 g/mol. The second-order valence-corrected chi connectivity index (χ2v) is 6.38. The maximum Gasteiger partial charge on any atom is 0.290 e. The van der Waals surface area contributed by atoms with Crippen molar-refractivity contribution in [3.05, 3.63) is 47.4 Å². The van der Waals surface area contributed by atoms with Crippen LogP contribution >= 0.6 is 0 Å². The first-order valence-corrected chi connectivity index (χ1v) is 8.69. The van der Waals surface area contributed by atoms with Crippen molar-refractivity contribution in [2.75, 3.05) is 0 Å². The summed E-state index contributed by atoms with van der Waals surface area (Å²) < 4.78 is 3.52. The van der Waals surface area contributed by atoms with Gasteiger partial charge in [0.15, 0.2) is 11.6 Å². The van der Waals surface area contributed by atoms with Crippen LogP contribution in [0.5, 0.6) is 0 Å². The topological polar surface area (TPSA) is 153 Å². The van der Waals surface area contributed by atoms with Gasteiger partial charge in [-0.15, -0.1) is 0 Å². The van der Waals surface area contributed by atoms with Crippen LogP contribution in [-0.4, -0.2) is 42.0 Å². The molecule has 3 N–H and O–H groups in total. The molecule has 3 rings (SSSR count). The second-order valence-electron chi connectivity index (χ2n) is 6.38. The third-order valence-electron chi connectivity index (χ3n) is 3.87. The van der Waals surface area contributed by atoms with Gasteiger partial charge >= 0.3 is 0 Å². The second kappa shape index (κ2) is 9.27. The zero-order valence-electron chi connectivity index (χ0n) is 16.3. The van der Waals surface area contributed by atoms with E-state index in [-0.39, 0.29) is 18.9 Å². The maximum atomic E-state index is 11.3. The number of nitrogens with two attached hydrogens (primary N) is 1. The third-order valence-corrected chi connectivity index (χ3v) is 3.87. The van der Waals surface area contributed by atoms with Crippen LogP contribution in [-0.2, 0) is 16.0 Å². The van der Waals surface area contributed by atoms with Crippen molar-refractivity contribution in [3.63, 3.8) is 0 Å². The number of aromatic nitrogens is 5. The minimum absolute atomic E-state index is 0.0554. The number of nitrogens with zero attached hydrogens (tertiary/aromatic N) is 6. The Morgan fingerprint density at radius 2 is 1.93 bits per heavy atom. The van der Waals surface area contributed by atoms with Gasteiger partial charge in [0.05, 0.1) is 23.7 Å². The van der Waals surface area contributed by atoms with Gasteiger partial charge < -0.3 is 10.8 Å². The van der Waals surface area contributed by atoms with Crippen molar-refractivity contribution in [2.45, 2.75) is 33.2 Å². The predicted octanol–water partition coefficient (Wildman–Crippen LogP) is 1.62. The molecule has 0 bridgehead atoms. The molecule has 0 saturated heterocycles. The normalized spacial score (nSPS) is 10.2. The summed E-state index contributed by atoms with van der Waals surface area (Å²) >= 11 is 0. The maximum absolute atomic E-state index is 11.3. The molecule has 0 aliphatic rings. The van der Waals surface area contributed by atoms with Gasteiger partial charge in [-0.05, 0) is 51.1 Å². The molecule has 10 nitrogen and oxygen atoms in total. The largest absolute Gasteiger partial charge is 0.483 e. The van der Waals surface area contributed by atoms with Crippen molar-refractivity contribution in [1.82, 2.24) is 24.5 Å². The van der Waals surface area contributed by atoms with Crippen LogP contribution in [0.25, 0.3) is 17.2 Å². The molecule has 2 heterocycles. The lowest BCUT2D eigenvalue weighted by atomic mass is 10.2. The Balaban J connectivity index is 0.000000941. The highest BCUT2D eigenvalue weighted by Gasteiger charge is 2.19. The smallest absolute Gasteiger partial charge is 0.290 e. The first-order valence-electron chi connectivity index (χ1n) is 8.69. The third kappa shape index (κ3) is 5.04. The fourth-order valence-corrected chi connectivity index (χ4v) is 2.73. The van der Waals surface area contributed by atoms with Gasteiger partial charge in [-0.2, -0.15) is 15.5 Å². The molecule has 0 spiro atoms. The van der Waals surface area contributed by atoms with E-state index in [4.69, 9.17) is 20.9 Å². The zero-order valence-corrected chi connectivity index (χ0v) is 16.3. The molecule has 0 saturated carbocycles. The van der Waals surface area contributed by atoms with Crippen LogP contribution in [0.2, 0.25) is 0 Å². The molecule has 10 heteroatoms. The summed E-state index contributed by atoms with van der Waals surface area (Å²) in [5, 5.41) is 24.9. The van der Waals surface area contributed by atoms with Gasteiger partial charge in [-0.3, -0.25) is 14.3 Å². The molecular weight excluding hydrogens is 374 g/mol. The van der Waals surface area contributed by atoms with Crippen LogP contribution in [0.15, 0.2) is 30.3 Å². The van der Waals surface area contributed by atoms with E-state index in [9.17, 15) is 4.79 Å². The van der Waals surface area contributed by atoms with Crippen molar-refractivity contribution >= 4 is 12.4 Å². The number of primary amides is 1. The number of carboxylic acid groups (broad SMARTS) is 1. The van der Waals surface area contributed by atoms with Crippen LogP contribution in [0, 0.1) is 18.3 Å². The predicted molar refractivity (Wildman–Crippen MR) is 104 cm³/mol. The van der Waals surface area contributed by atoms with E-state index in [1.807, 2.05) is 31.5 Å². The van der Waals surface area contributed by atoms with E-state index in [1.54, 1.807) is 28.9 Å². The molecule has 0 fully saturated rings. The monoisotopic (exact) mass is 395 g/mol. The average Bonchev–Trinajstić information content (AvgIpc) is 3.25. The molecule has 150 valence electrons. The van der Waals surface area contributed by atoms with E-state index < -0.39 is 5.91 Å². The Bertz CT molecular complexity index is 1040. The highest BCUT2D eigenvalue weighted by atomic mass is 16.3. The molecule has 29 heavy (non-hydrogen) atoms. The quantitative estimate of drug-likeness (QED) is 0.622. The number of amides is 1. The van der Waals surface area contributed by atoms with E-state index in [2.05, 4.69) is 21.3 Å². The van der Waals surface area contributed by atoms with Gasteiger partial charge in [0, 0.05) is 11.7 Å². The van der Waals surface area contributed by atoms with Gasteiger partial charge in [-0.1, -0.05) is 0 Å². The van der Waals surface area contributed by atoms with Gasteiger partial charge in [0.1, 0.15) is 5.69 Å². The highest BCUT2D eigenvalue weighted by molar-refractivity contribution is 5.75. The number of carbonyl (C=O) groups excluding carboxylic acids is 1. The summed E-state index contributed by atoms with van der Waals surface area (Å²) in [6.45, 7) is 5.82. The van der Waals surface area contributed by atoms with Gasteiger partial charge in [-0.25, -0.2) is 9.67 Å².